The van der Waals surface area contributed by atoms with Gasteiger partial charge in [0, 0.05) is 41.1 Å². The van der Waals surface area contributed by atoms with E-state index in [-0.39, 0.29) is 17.7 Å². The van der Waals surface area contributed by atoms with E-state index in [0.29, 0.717) is 11.1 Å². The molecule has 222 valence electrons. The van der Waals surface area contributed by atoms with Crippen LogP contribution in [0.4, 0.5) is 0 Å². The number of phenols is 1. The summed E-state index contributed by atoms with van der Waals surface area (Å²) in [6.45, 7) is 1.52. The molecule has 0 spiro atoms. The molecule has 12 heteroatoms. The molecule has 0 aromatic heterocycles. The Hall–Kier alpha value is -4.10. The summed E-state index contributed by atoms with van der Waals surface area (Å²) in [7, 11) is 3.01. The maximum atomic E-state index is 14.0. The van der Waals surface area contributed by atoms with Gasteiger partial charge in [-0.05, 0) is 37.7 Å². The van der Waals surface area contributed by atoms with E-state index in [9.17, 15) is 44.7 Å². The van der Waals surface area contributed by atoms with Crippen molar-refractivity contribution < 1.29 is 44.7 Å². The number of aromatic hydroxyl groups is 1. The molecule has 2 aromatic carbocycles. The van der Waals surface area contributed by atoms with E-state index >= 15 is 0 Å². The lowest BCUT2D eigenvalue weighted by Gasteiger charge is -2.56. The van der Waals surface area contributed by atoms with Crippen LogP contribution in [0.2, 0.25) is 0 Å². The van der Waals surface area contributed by atoms with E-state index < -0.39 is 88.0 Å². The number of phenolic OH excluding ortho intramolecular Hbond substituents is 1. The zero-order chi connectivity index (χ0) is 30.8. The molecular weight excluding hydrogens is 546 g/mol. The van der Waals surface area contributed by atoms with E-state index in [0.717, 1.165) is 0 Å². The summed E-state index contributed by atoms with van der Waals surface area (Å²) in [4.78, 5) is 53.6. The van der Waals surface area contributed by atoms with E-state index in [4.69, 9.17) is 5.73 Å². The van der Waals surface area contributed by atoms with Crippen LogP contribution in [0, 0.1) is 17.8 Å². The van der Waals surface area contributed by atoms with Crippen LogP contribution in [-0.2, 0) is 16.1 Å². The quantitative estimate of drug-likeness (QED) is 0.231. The topological polar surface area (TPSA) is 211 Å². The summed E-state index contributed by atoms with van der Waals surface area (Å²) in [6, 6.07) is 10.3. The molecule has 0 radical (unpaired) electrons. The smallest absolute Gasteiger partial charge is 0.251 e. The lowest BCUT2D eigenvalue weighted by molar-refractivity contribution is -0.194. The molecule has 0 heterocycles. The fourth-order valence-corrected chi connectivity index (χ4v) is 7.03. The van der Waals surface area contributed by atoms with E-state index in [2.05, 4.69) is 5.32 Å². The third-order valence-corrected chi connectivity index (χ3v) is 9.06. The van der Waals surface area contributed by atoms with Crippen LogP contribution in [0.25, 0.3) is 0 Å². The van der Waals surface area contributed by atoms with Crippen molar-refractivity contribution in [1.82, 2.24) is 10.2 Å². The van der Waals surface area contributed by atoms with Crippen molar-refractivity contribution in [2.75, 3.05) is 14.1 Å². The third-order valence-electron chi connectivity index (χ3n) is 9.06. The first kappa shape index (κ1) is 29.4. The summed E-state index contributed by atoms with van der Waals surface area (Å²) in [5.74, 6) is -10.7. The van der Waals surface area contributed by atoms with Crippen LogP contribution in [0.3, 0.4) is 0 Å². The zero-order valence-corrected chi connectivity index (χ0v) is 23.2. The first-order valence-electron chi connectivity index (χ1n) is 13.5. The SMILES string of the molecule is C[C@H]1c2ccc(CNC(=O)c3ccccc3)c(O)c2C(=O)C2=C(O)[C@]3(O)C(=O)C(C(N)=O)C(O)[C@@H](N(C)C)C3[C@@H](O)C21. The molecule has 1 saturated carbocycles. The summed E-state index contributed by atoms with van der Waals surface area (Å²) in [5, 5.41) is 59.8. The number of aliphatic hydroxyl groups is 4. The number of Topliss-reactive ketones (excluding diaryl/α,β-unsaturated/α-hetero) is 2. The number of nitrogens with one attached hydrogen (secondary N) is 1. The number of nitrogens with two attached hydrogens (primary N) is 1. The average molecular weight is 580 g/mol. The van der Waals surface area contributed by atoms with Crippen molar-refractivity contribution >= 4 is 23.4 Å². The lowest BCUT2D eigenvalue weighted by atomic mass is 9.53. The maximum Gasteiger partial charge on any atom is 0.251 e. The van der Waals surface area contributed by atoms with Gasteiger partial charge in [0.05, 0.1) is 17.8 Å². The van der Waals surface area contributed by atoms with Gasteiger partial charge in [0.1, 0.15) is 17.4 Å². The minimum absolute atomic E-state index is 0.140. The van der Waals surface area contributed by atoms with Gasteiger partial charge in [-0.25, -0.2) is 0 Å². The van der Waals surface area contributed by atoms with Gasteiger partial charge in [-0.2, -0.15) is 0 Å². The Kier molecular flexibility index (Phi) is 7.22. The van der Waals surface area contributed by atoms with Gasteiger partial charge in [0.2, 0.25) is 5.91 Å². The Morgan fingerprint density at radius 2 is 1.67 bits per heavy atom. The summed E-state index contributed by atoms with van der Waals surface area (Å²) in [6.07, 6.45) is -3.35. The summed E-state index contributed by atoms with van der Waals surface area (Å²) in [5.41, 5.74) is 2.72. The fraction of sp³-hybridized carbons (Fsp3) is 0.400. The predicted molar refractivity (Wildman–Crippen MR) is 147 cm³/mol. The Morgan fingerprint density at radius 3 is 2.26 bits per heavy atom. The van der Waals surface area contributed by atoms with Gasteiger partial charge in [-0.3, -0.25) is 19.2 Å². The number of carbonyl (C=O) groups is 4. The number of amides is 2. The molecule has 8 N–H and O–H groups in total. The second kappa shape index (κ2) is 10.3. The van der Waals surface area contributed by atoms with Crippen molar-refractivity contribution in [1.29, 1.82) is 0 Å². The Balaban J connectivity index is 1.60. The molecular formula is C30H33N3O9. The Bertz CT molecular complexity index is 1520. The minimum Gasteiger partial charge on any atom is -0.508 e. The van der Waals surface area contributed by atoms with Crippen LogP contribution in [0.5, 0.6) is 5.75 Å². The minimum atomic E-state index is -2.93. The largest absolute Gasteiger partial charge is 0.508 e. The monoisotopic (exact) mass is 579 g/mol. The second-order valence-corrected chi connectivity index (χ2v) is 11.5. The van der Waals surface area contributed by atoms with Crippen LogP contribution < -0.4 is 11.1 Å². The van der Waals surface area contributed by atoms with Gasteiger partial charge in [-0.15, -0.1) is 0 Å². The molecule has 8 atom stereocenters. The molecule has 5 rings (SSSR count). The number of rotatable bonds is 5. The molecule has 42 heavy (non-hydrogen) atoms. The maximum absolute atomic E-state index is 14.0. The Labute approximate surface area is 241 Å². The van der Waals surface area contributed by atoms with Crippen LogP contribution in [0.15, 0.2) is 53.8 Å². The average Bonchev–Trinajstić information content (AvgIpc) is 2.94. The number of benzene rings is 2. The highest BCUT2D eigenvalue weighted by Gasteiger charge is 2.69. The van der Waals surface area contributed by atoms with Gasteiger partial charge in [0.15, 0.2) is 17.2 Å². The van der Waals surface area contributed by atoms with Crippen molar-refractivity contribution in [3.05, 3.63) is 76.1 Å². The number of hydrogen-bond donors (Lipinski definition) is 7. The number of likely N-dealkylation sites (N-methyl/N-ethyl adjacent to an activating group) is 1. The van der Waals surface area contributed by atoms with Crippen molar-refractivity contribution in [2.24, 2.45) is 23.5 Å². The molecule has 3 aliphatic carbocycles. The van der Waals surface area contributed by atoms with E-state index in [1.165, 1.54) is 25.1 Å². The number of aliphatic hydroxyl groups excluding tert-OH is 3. The van der Waals surface area contributed by atoms with Crippen molar-refractivity contribution in [2.45, 2.75) is 43.2 Å². The molecule has 1 fully saturated rings. The molecule has 2 aromatic rings. The molecule has 0 saturated heterocycles. The highest BCUT2D eigenvalue weighted by molar-refractivity contribution is 6.16. The summed E-state index contributed by atoms with van der Waals surface area (Å²) < 4.78 is 0. The number of hydrogen-bond acceptors (Lipinski definition) is 10. The molecule has 0 aliphatic heterocycles. The molecule has 2 amide bonds. The zero-order valence-electron chi connectivity index (χ0n) is 23.2. The number of primary amides is 1. The number of nitrogens with zero attached hydrogens (tertiary/aromatic N) is 1. The van der Waals surface area contributed by atoms with E-state index in [1.54, 1.807) is 43.3 Å². The van der Waals surface area contributed by atoms with Gasteiger partial charge < -0.3 is 41.5 Å². The number of carbonyl (C=O) groups excluding carboxylic acids is 4. The van der Waals surface area contributed by atoms with Crippen molar-refractivity contribution in [3.8, 4) is 5.75 Å². The van der Waals surface area contributed by atoms with Gasteiger partial charge >= 0.3 is 0 Å². The molecule has 12 nitrogen and oxygen atoms in total. The highest BCUT2D eigenvalue weighted by atomic mass is 16.4. The van der Waals surface area contributed by atoms with Gasteiger partial charge in [-0.1, -0.05) is 37.3 Å². The standard InChI is InChI=1S/C30H33N3O9/c1-12-15-10-9-14(11-32-29(41)13-7-5-4-6-8-13)22(34)17(15)23(35)18-16(12)24(36)20-21(33(2)3)25(37)19(28(31)40)27(39)30(20,42)26(18)38/h4-10,12,16,19-21,24-25,34,36-38,42H,11H2,1-3H3,(H2,31,40)(H,32,41)/t12-,16?,19?,20?,21-,24-,25?,30-/m0/s1. The van der Waals surface area contributed by atoms with Gasteiger partial charge in [0.25, 0.3) is 5.91 Å². The fourth-order valence-electron chi connectivity index (χ4n) is 7.03. The van der Waals surface area contributed by atoms with Crippen LogP contribution in [0.1, 0.15) is 44.7 Å². The van der Waals surface area contributed by atoms with Crippen LogP contribution >= 0.6 is 0 Å². The molecule has 0 bridgehead atoms. The first-order chi connectivity index (χ1) is 19.7. The van der Waals surface area contributed by atoms with E-state index in [1.807, 2.05) is 0 Å². The predicted octanol–water partition coefficient (Wildman–Crippen LogP) is -0.253. The normalized spacial score (nSPS) is 32.2. The first-order valence-corrected chi connectivity index (χ1v) is 13.5. The highest BCUT2D eigenvalue weighted by Crippen LogP contribution is 2.55. The molecule has 3 aliphatic rings. The molecule has 4 unspecified atom stereocenters. The Morgan fingerprint density at radius 1 is 1.02 bits per heavy atom. The van der Waals surface area contributed by atoms with Crippen LogP contribution in [-0.4, -0.2) is 91.8 Å². The second-order valence-electron chi connectivity index (χ2n) is 11.5. The number of ketones is 2. The van der Waals surface area contributed by atoms with Crippen molar-refractivity contribution in [3.63, 3.8) is 0 Å². The number of fused-ring (bicyclic) bond motifs is 3. The summed E-state index contributed by atoms with van der Waals surface area (Å²) >= 11 is 0. The third kappa shape index (κ3) is 4.05. The lowest BCUT2D eigenvalue weighted by Crippen LogP contribution is -2.74.